The van der Waals surface area contributed by atoms with Gasteiger partial charge in [0.1, 0.15) is 0 Å². The Morgan fingerprint density at radius 1 is 0.963 bits per heavy atom. The van der Waals surface area contributed by atoms with Crippen molar-refractivity contribution in [3.05, 3.63) is 24.3 Å². The molecule has 0 atom stereocenters. The van der Waals surface area contributed by atoms with Gasteiger partial charge in [0.15, 0.2) is 4.34 Å². The van der Waals surface area contributed by atoms with Crippen molar-refractivity contribution in [2.45, 2.75) is 76.7 Å². The van der Waals surface area contributed by atoms with Crippen LogP contribution in [0.25, 0.3) is 10.2 Å². The van der Waals surface area contributed by atoms with Crippen LogP contribution < -0.4 is 0 Å². The number of benzene rings is 1. The molecular weight excluding hydrogens is 415 g/mol. The van der Waals surface area contributed by atoms with E-state index in [0.29, 0.717) is 0 Å². The lowest BCUT2D eigenvalue weighted by atomic mass is 10.3. The summed E-state index contributed by atoms with van der Waals surface area (Å²) in [4.78, 5) is 4.67. The van der Waals surface area contributed by atoms with Crippen LogP contribution >= 0.6 is 32.9 Å². The lowest BCUT2D eigenvalue weighted by molar-refractivity contribution is 0.00319. The van der Waals surface area contributed by atoms with Crippen LogP contribution in [0.2, 0.25) is 6.04 Å². The molecule has 0 amide bonds. The minimum absolute atomic E-state index is 0.0962. The standard InChI is InChI=1S/C19H31NO3S3Si/c1-14(2)21-27(22-15(3)4,23-16(5)6)13-9-12-24-26-19-20-17-10-7-8-11-18(17)25-19/h7-8,10-11,14-16H,9,12-13H2,1-6H3. The Balaban J connectivity index is 1.87. The van der Waals surface area contributed by atoms with E-state index in [-0.39, 0.29) is 18.3 Å². The first-order chi connectivity index (χ1) is 12.8. The first-order valence-corrected chi connectivity index (χ1v) is 14.5. The van der Waals surface area contributed by atoms with Crippen molar-refractivity contribution in [3.63, 3.8) is 0 Å². The van der Waals surface area contributed by atoms with Crippen molar-refractivity contribution >= 4 is 51.9 Å². The van der Waals surface area contributed by atoms with Crippen LogP contribution in [0, 0.1) is 0 Å². The smallest absolute Gasteiger partial charge is 0.371 e. The average Bonchev–Trinajstić information content (AvgIpc) is 2.95. The number of hydrogen-bond acceptors (Lipinski definition) is 7. The van der Waals surface area contributed by atoms with Crippen LogP contribution in [-0.4, -0.2) is 37.9 Å². The minimum Gasteiger partial charge on any atom is -0.371 e. The summed E-state index contributed by atoms with van der Waals surface area (Å²) in [6.45, 7) is 12.3. The summed E-state index contributed by atoms with van der Waals surface area (Å²) in [5.74, 6) is 1.01. The molecule has 0 aliphatic heterocycles. The Kier molecular flexibility index (Phi) is 9.61. The molecule has 0 aliphatic carbocycles. The number of fused-ring (bicyclic) bond motifs is 1. The van der Waals surface area contributed by atoms with Crippen LogP contribution in [0.15, 0.2) is 28.6 Å². The monoisotopic (exact) mass is 445 g/mol. The Labute approximate surface area is 176 Å². The second-order valence-corrected chi connectivity index (χ2v) is 13.4. The summed E-state index contributed by atoms with van der Waals surface area (Å²) >= 11 is 1.75. The Morgan fingerprint density at radius 3 is 2.11 bits per heavy atom. The average molecular weight is 446 g/mol. The molecule has 152 valence electrons. The van der Waals surface area contributed by atoms with Crippen molar-refractivity contribution in [3.8, 4) is 0 Å². The molecular formula is C19H31NO3S3Si. The van der Waals surface area contributed by atoms with Crippen LogP contribution in [0.3, 0.4) is 0 Å². The van der Waals surface area contributed by atoms with E-state index in [1.807, 2.05) is 58.4 Å². The number of nitrogens with zero attached hydrogens (tertiary/aromatic N) is 1. The van der Waals surface area contributed by atoms with Gasteiger partial charge in [-0.15, -0.1) is 11.3 Å². The van der Waals surface area contributed by atoms with Gasteiger partial charge < -0.3 is 13.3 Å². The second kappa shape index (κ2) is 11.2. The van der Waals surface area contributed by atoms with E-state index in [4.69, 9.17) is 13.3 Å². The fourth-order valence-corrected chi connectivity index (χ4v) is 9.65. The van der Waals surface area contributed by atoms with Gasteiger partial charge in [0.2, 0.25) is 0 Å². The minimum atomic E-state index is -2.68. The van der Waals surface area contributed by atoms with E-state index in [2.05, 4.69) is 23.2 Å². The molecule has 0 unspecified atom stereocenters. The fourth-order valence-electron chi connectivity index (χ4n) is 2.66. The summed E-state index contributed by atoms with van der Waals surface area (Å²) in [6.07, 6.45) is 1.29. The van der Waals surface area contributed by atoms with Crippen molar-refractivity contribution in [2.75, 3.05) is 5.75 Å². The molecule has 0 N–H and O–H groups in total. The maximum atomic E-state index is 6.23. The number of hydrogen-bond donors (Lipinski definition) is 0. The van der Waals surface area contributed by atoms with Crippen LogP contribution in [-0.2, 0) is 13.3 Å². The van der Waals surface area contributed by atoms with Crippen molar-refractivity contribution in [1.82, 2.24) is 4.98 Å². The van der Waals surface area contributed by atoms with Gasteiger partial charge in [-0.05, 0) is 70.9 Å². The second-order valence-electron chi connectivity index (χ2n) is 7.14. The molecule has 0 aliphatic rings. The molecule has 0 saturated carbocycles. The summed E-state index contributed by atoms with van der Waals surface area (Å²) in [6, 6.07) is 9.12. The highest BCUT2D eigenvalue weighted by Gasteiger charge is 2.43. The molecule has 0 spiro atoms. The predicted molar refractivity (Wildman–Crippen MR) is 122 cm³/mol. The predicted octanol–water partition coefficient (Wildman–Crippen LogP) is 6.64. The van der Waals surface area contributed by atoms with Crippen LogP contribution in [0.5, 0.6) is 0 Å². The van der Waals surface area contributed by atoms with Gasteiger partial charge in [0, 0.05) is 30.1 Å². The highest BCUT2D eigenvalue weighted by Crippen LogP contribution is 2.37. The van der Waals surface area contributed by atoms with Crippen molar-refractivity contribution in [1.29, 1.82) is 0 Å². The Hall–Kier alpha value is -0.0931. The van der Waals surface area contributed by atoms with E-state index in [0.717, 1.165) is 28.1 Å². The summed E-state index contributed by atoms with van der Waals surface area (Å²) in [5, 5.41) is 0. The summed E-state index contributed by atoms with van der Waals surface area (Å²) in [7, 11) is 0.919. The van der Waals surface area contributed by atoms with Gasteiger partial charge >= 0.3 is 8.80 Å². The Morgan fingerprint density at radius 2 is 1.56 bits per heavy atom. The lowest BCUT2D eigenvalue weighted by Crippen LogP contribution is -2.50. The van der Waals surface area contributed by atoms with Gasteiger partial charge in [-0.2, -0.15) is 0 Å². The highest BCUT2D eigenvalue weighted by atomic mass is 33.1. The van der Waals surface area contributed by atoms with Crippen molar-refractivity contribution in [2.24, 2.45) is 0 Å². The molecule has 4 nitrogen and oxygen atoms in total. The maximum absolute atomic E-state index is 6.23. The quantitative estimate of drug-likeness (QED) is 0.207. The van der Waals surface area contributed by atoms with Crippen LogP contribution in [0.1, 0.15) is 48.0 Å². The number of rotatable bonds is 12. The van der Waals surface area contributed by atoms with Gasteiger partial charge in [0.05, 0.1) is 10.2 Å². The van der Waals surface area contributed by atoms with E-state index in [1.165, 1.54) is 4.70 Å². The van der Waals surface area contributed by atoms with Crippen molar-refractivity contribution < 1.29 is 13.3 Å². The molecule has 1 heterocycles. The molecule has 0 saturated heterocycles. The molecule has 27 heavy (non-hydrogen) atoms. The largest absolute Gasteiger partial charge is 0.501 e. The lowest BCUT2D eigenvalue weighted by Gasteiger charge is -2.34. The first kappa shape index (κ1) is 23.2. The molecule has 1 aromatic heterocycles. The topological polar surface area (TPSA) is 40.6 Å². The summed E-state index contributed by atoms with van der Waals surface area (Å²) in [5.41, 5.74) is 1.08. The zero-order chi connectivity index (χ0) is 19.9. The highest BCUT2D eigenvalue weighted by molar-refractivity contribution is 8.77. The van der Waals surface area contributed by atoms with Gasteiger partial charge in [-0.1, -0.05) is 22.9 Å². The number of aromatic nitrogens is 1. The van der Waals surface area contributed by atoms with Gasteiger partial charge in [-0.25, -0.2) is 4.98 Å². The van der Waals surface area contributed by atoms with Gasteiger partial charge in [0.25, 0.3) is 0 Å². The SMILES string of the molecule is CC(C)O[Si](CCCSSc1nc2ccccc2s1)(OC(C)C)OC(C)C. The number of thiazole rings is 1. The first-order valence-electron chi connectivity index (χ1n) is 9.48. The molecule has 2 rings (SSSR count). The fraction of sp³-hybridized carbons (Fsp3) is 0.632. The molecule has 1 aromatic carbocycles. The third-order valence-corrected chi connectivity index (χ3v) is 10.6. The molecule has 0 radical (unpaired) electrons. The van der Waals surface area contributed by atoms with E-state index >= 15 is 0 Å². The molecule has 0 fully saturated rings. The van der Waals surface area contributed by atoms with Crippen LogP contribution in [0.4, 0.5) is 0 Å². The Bertz CT molecular complexity index is 634. The zero-order valence-corrected chi connectivity index (χ0v) is 20.5. The molecule has 0 bridgehead atoms. The third kappa shape index (κ3) is 8.04. The molecule has 2 aromatic rings. The maximum Gasteiger partial charge on any atom is 0.501 e. The number of para-hydroxylation sites is 1. The van der Waals surface area contributed by atoms with E-state index in [1.54, 1.807) is 22.1 Å². The molecule has 8 heteroatoms. The third-order valence-electron chi connectivity index (χ3n) is 3.36. The summed E-state index contributed by atoms with van der Waals surface area (Å²) < 4.78 is 21.1. The normalized spacial score (nSPS) is 12.8. The van der Waals surface area contributed by atoms with Gasteiger partial charge in [-0.3, -0.25) is 0 Å². The van der Waals surface area contributed by atoms with E-state index in [9.17, 15) is 0 Å². The zero-order valence-electron chi connectivity index (χ0n) is 17.1. The van der Waals surface area contributed by atoms with E-state index < -0.39 is 8.80 Å².